The average Bonchev–Trinajstić information content (AvgIpc) is 2.93. The van der Waals surface area contributed by atoms with Gasteiger partial charge in [0, 0.05) is 23.6 Å². The second-order valence-corrected chi connectivity index (χ2v) is 8.08. The summed E-state index contributed by atoms with van der Waals surface area (Å²) in [6.45, 7) is 1.79. The summed E-state index contributed by atoms with van der Waals surface area (Å²) in [5.74, 6) is -0.552. The Balaban J connectivity index is 1.47. The van der Waals surface area contributed by atoms with Gasteiger partial charge < -0.3 is 4.90 Å². The molecule has 0 spiro atoms. The number of rotatable bonds is 2. The highest BCUT2D eigenvalue weighted by molar-refractivity contribution is 8.00. The number of thioether (sulfide) groups is 1. The van der Waals surface area contributed by atoms with Crippen LogP contribution >= 0.6 is 11.8 Å². The van der Waals surface area contributed by atoms with Gasteiger partial charge in [0.15, 0.2) is 0 Å². The van der Waals surface area contributed by atoms with E-state index >= 15 is 0 Å². The molecule has 5 nitrogen and oxygen atoms in total. The maximum Gasteiger partial charge on any atom is 0.391 e. The lowest BCUT2D eigenvalue weighted by Gasteiger charge is -2.37. The summed E-state index contributed by atoms with van der Waals surface area (Å²) in [6, 6.07) is -0.218. The van der Waals surface area contributed by atoms with E-state index in [1.54, 1.807) is 4.68 Å². The minimum Gasteiger partial charge on any atom is -0.339 e. The second kappa shape index (κ2) is 5.28. The predicted molar refractivity (Wildman–Crippen MR) is 76.9 cm³/mol. The van der Waals surface area contributed by atoms with Crippen molar-refractivity contribution in [2.75, 3.05) is 18.0 Å². The van der Waals surface area contributed by atoms with Gasteiger partial charge in [0.1, 0.15) is 0 Å². The quantitative estimate of drug-likeness (QED) is 0.833. The van der Waals surface area contributed by atoms with Crippen LogP contribution < -0.4 is 4.90 Å². The Bertz CT molecular complexity index is 542. The van der Waals surface area contributed by atoms with Crippen LogP contribution in [0.4, 0.5) is 19.1 Å². The minimum absolute atomic E-state index is 0.0934. The number of anilines is 1. The second-order valence-electron chi connectivity index (χ2n) is 6.48. The van der Waals surface area contributed by atoms with Gasteiger partial charge in [0.2, 0.25) is 5.95 Å². The lowest BCUT2D eigenvalue weighted by Crippen LogP contribution is -2.40. The smallest absolute Gasteiger partial charge is 0.339 e. The standard InChI is InChI=1S/C13H18F3N5S/c14-13(15,16)8-5-9(6-8)21-12(17-18-19-21)20-4-3-10-1-2-11(7-20)22-10/h8-11H,1-7H2. The van der Waals surface area contributed by atoms with Crippen molar-refractivity contribution in [3.63, 3.8) is 0 Å². The van der Waals surface area contributed by atoms with Crippen molar-refractivity contribution in [1.82, 2.24) is 20.2 Å². The number of fused-ring (bicyclic) bond motifs is 2. The zero-order valence-electron chi connectivity index (χ0n) is 12.0. The fourth-order valence-corrected chi connectivity index (χ4v) is 5.23. The molecule has 9 heteroatoms. The summed E-state index contributed by atoms with van der Waals surface area (Å²) < 4.78 is 39.6. The number of tetrazole rings is 1. The molecule has 3 aliphatic rings. The summed E-state index contributed by atoms with van der Waals surface area (Å²) in [7, 11) is 0. The Hall–Kier alpha value is -0.990. The highest BCUT2D eigenvalue weighted by Crippen LogP contribution is 2.48. The molecule has 0 aromatic carbocycles. The molecule has 3 heterocycles. The monoisotopic (exact) mass is 333 g/mol. The van der Waals surface area contributed by atoms with E-state index in [2.05, 4.69) is 20.4 Å². The van der Waals surface area contributed by atoms with E-state index in [-0.39, 0.29) is 18.9 Å². The Kier molecular flexibility index (Phi) is 3.50. The summed E-state index contributed by atoms with van der Waals surface area (Å²) in [5.41, 5.74) is 0. The van der Waals surface area contributed by atoms with Gasteiger partial charge in [-0.05, 0) is 42.5 Å². The fourth-order valence-electron chi connectivity index (χ4n) is 3.63. The lowest BCUT2D eigenvalue weighted by atomic mass is 9.80. The molecule has 0 radical (unpaired) electrons. The van der Waals surface area contributed by atoms with E-state index in [1.165, 1.54) is 12.8 Å². The molecule has 1 aliphatic carbocycles. The molecule has 2 atom stereocenters. The normalized spacial score (nSPS) is 35.3. The average molecular weight is 333 g/mol. The molecule has 122 valence electrons. The van der Waals surface area contributed by atoms with E-state index in [0.29, 0.717) is 11.2 Å². The van der Waals surface area contributed by atoms with Crippen LogP contribution in [0.25, 0.3) is 0 Å². The van der Waals surface area contributed by atoms with Gasteiger partial charge in [0.25, 0.3) is 0 Å². The van der Waals surface area contributed by atoms with Crippen molar-refractivity contribution < 1.29 is 13.2 Å². The lowest BCUT2D eigenvalue weighted by molar-refractivity contribution is -0.203. The molecule has 1 aromatic rings. The van der Waals surface area contributed by atoms with E-state index in [9.17, 15) is 13.2 Å². The zero-order chi connectivity index (χ0) is 15.3. The number of aromatic nitrogens is 4. The first-order valence-electron chi connectivity index (χ1n) is 7.75. The maximum atomic E-state index is 12.7. The molecule has 0 amide bonds. The summed E-state index contributed by atoms with van der Waals surface area (Å²) >= 11 is 2.04. The first-order chi connectivity index (χ1) is 10.5. The Morgan fingerprint density at radius 1 is 1.09 bits per heavy atom. The first kappa shape index (κ1) is 14.6. The molecule has 1 saturated carbocycles. The molecular formula is C13H18F3N5S. The zero-order valence-corrected chi connectivity index (χ0v) is 12.9. The summed E-state index contributed by atoms with van der Waals surface area (Å²) in [6.07, 6.45) is -0.309. The molecule has 2 aliphatic heterocycles. The van der Waals surface area contributed by atoms with Crippen molar-refractivity contribution in [2.45, 2.75) is 54.8 Å². The maximum absolute atomic E-state index is 12.7. The Morgan fingerprint density at radius 3 is 2.64 bits per heavy atom. The number of alkyl halides is 3. The molecular weight excluding hydrogens is 315 g/mol. The van der Waals surface area contributed by atoms with Crippen LogP contribution in [0, 0.1) is 5.92 Å². The van der Waals surface area contributed by atoms with Crippen LogP contribution in [0.1, 0.15) is 38.1 Å². The molecule has 4 rings (SSSR count). The molecule has 1 aromatic heterocycles. The highest BCUT2D eigenvalue weighted by atomic mass is 32.2. The number of hydrogen-bond donors (Lipinski definition) is 0. The van der Waals surface area contributed by atoms with Crippen LogP contribution in [0.3, 0.4) is 0 Å². The van der Waals surface area contributed by atoms with Crippen LogP contribution in [0.2, 0.25) is 0 Å². The summed E-state index contributed by atoms with van der Waals surface area (Å²) in [4.78, 5) is 2.16. The number of hydrogen-bond acceptors (Lipinski definition) is 5. The summed E-state index contributed by atoms with van der Waals surface area (Å²) in [5, 5.41) is 13.1. The first-order valence-corrected chi connectivity index (χ1v) is 8.70. The van der Waals surface area contributed by atoms with Crippen LogP contribution in [-0.4, -0.2) is 50.0 Å². The largest absolute Gasteiger partial charge is 0.391 e. The number of nitrogens with zero attached hydrogens (tertiary/aromatic N) is 5. The Labute approximate surface area is 130 Å². The van der Waals surface area contributed by atoms with Crippen molar-refractivity contribution in [2.24, 2.45) is 5.92 Å². The molecule has 3 fully saturated rings. The Morgan fingerprint density at radius 2 is 1.86 bits per heavy atom. The minimum atomic E-state index is -4.09. The van der Waals surface area contributed by atoms with Gasteiger partial charge in [-0.2, -0.15) is 24.9 Å². The molecule has 0 N–H and O–H groups in total. The van der Waals surface area contributed by atoms with E-state index in [4.69, 9.17) is 0 Å². The third-order valence-electron chi connectivity index (χ3n) is 5.02. The van der Waals surface area contributed by atoms with Crippen LogP contribution in [0.15, 0.2) is 0 Å². The number of halogens is 3. The van der Waals surface area contributed by atoms with Gasteiger partial charge in [0.05, 0.1) is 12.0 Å². The van der Waals surface area contributed by atoms with E-state index < -0.39 is 12.1 Å². The highest BCUT2D eigenvalue weighted by Gasteiger charge is 2.49. The van der Waals surface area contributed by atoms with Crippen molar-refractivity contribution in [1.29, 1.82) is 0 Å². The van der Waals surface area contributed by atoms with Gasteiger partial charge in [-0.3, -0.25) is 0 Å². The molecule has 2 bridgehead atoms. The third kappa shape index (κ3) is 2.57. The fraction of sp³-hybridized carbons (Fsp3) is 0.923. The van der Waals surface area contributed by atoms with Crippen molar-refractivity contribution >= 4 is 17.7 Å². The van der Waals surface area contributed by atoms with Crippen molar-refractivity contribution in [3.8, 4) is 0 Å². The van der Waals surface area contributed by atoms with E-state index in [1.807, 2.05) is 11.8 Å². The topological polar surface area (TPSA) is 46.8 Å². The molecule has 2 saturated heterocycles. The molecule has 22 heavy (non-hydrogen) atoms. The van der Waals surface area contributed by atoms with Crippen LogP contribution in [-0.2, 0) is 0 Å². The van der Waals surface area contributed by atoms with Gasteiger partial charge in [-0.15, -0.1) is 0 Å². The van der Waals surface area contributed by atoms with Gasteiger partial charge >= 0.3 is 6.18 Å². The van der Waals surface area contributed by atoms with Gasteiger partial charge in [-0.25, -0.2) is 4.68 Å². The molecule has 2 unspecified atom stereocenters. The van der Waals surface area contributed by atoms with Gasteiger partial charge in [-0.1, -0.05) is 5.10 Å². The predicted octanol–water partition coefficient (Wildman–Crippen LogP) is 2.66. The van der Waals surface area contributed by atoms with Crippen molar-refractivity contribution in [3.05, 3.63) is 0 Å². The van der Waals surface area contributed by atoms with Crippen LogP contribution in [0.5, 0.6) is 0 Å². The van der Waals surface area contributed by atoms with E-state index in [0.717, 1.165) is 24.8 Å². The SMILES string of the molecule is FC(F)(F)C1CC(n2nnnc2N2CCC3CCC(C2)S3)C1. The third-order valence-corrected chi connectivity index (χ3v) is 6.65.